The van der Waals surface area contributed by atoms with Gasteiger partial charge in [-0.1, -0.05) is 49.6 Å². The molecule has 1 heterocycles. The Morgan fingerprint density at radius 1 is 1.11 bits per heavy atom. The van der Waals surface area contributed by atoms with E-state index in [0.717, 1.165) is 11.5 Å². The van der Waals surface area contributed by atoms with E-state index in [0.29, 0.717) is 6.54 Å². The van der Waals surface area contributed by atoms with Gasteiger partial charge in [0.15, 0.2) is 0 Å². The highest BCUT2D eigenvalue weighted by Gasteiger charge is 2.38. The number of aromatic nitrogens is 2. The van der Waals surface area contributed by atoms with Gasteiger partial charge < -0.3 is 10.7 Å². The summed E-state index contributed by atoms with van der Waals surface area (Å²) in [4.78, 5) is 8.06. The zero-order valence-corrected chi connectivity index (χ0v) is 11.2. The van der Waals surface area contributed by atoms with Gasteiger partial charge >= 0.3 is 0 Å². The third kappa shape index (κ3) is 2.19. The molecule has 19 heavy (non-hydrogen) atoms. The van der Waals surface area contributed by atoms with Crippen LogP contribution in [0.5, 0.6) is 0 Å². The predicted molar refractivity (Wildman–Crippen MR) is 76.8 cm³/mol. The molecule has 3 nitrogen and oxygen atoms in total. The van der Waals surface area contributed by atoms with E-state index in [1.54, 1.807) is 0 Å². The van der Waals surface area contributed by atoms with E-state index < -0.39 is 0 Å². The maximum atomic E-state index is 5.70. The summed E-state index contributed by atoms with van der Waals surface area (Å²) in [7, 11) is 0. The number of hydrogen-bond acceptors (Lipinski definition) is 2. The van der Waals surface area contributed by atoms with E-state index in [1.807, 2.05) is 6.20 Å². The number of nitrogens with zero attached hydrogens (tertiary/aromatic N) is 1. The first-order valence-corrected chi connectivity index (χ1v) is 7.15. The summed E-state index contributed by atoms with van der Waals surface area (Å²) in [5.74, 6) is 1.10. The van der Waals surface area contributed by atoms with Gasteiger partial charge in [0.25, 0.3) is 0 Å². The van der Waals surface area contributed by atoms with Gasteiger partial charge in [-0.3, -0.25) is 0 Å². The highest BCUT2D eigenvalue weighted by molar-refractivity contribution is 5.34. The van der Waals surface area contributed by atoms with Gasteiger partial charge in [0.2, 0.25) is 0 Å². The lowest BCUT2D eigenvalue weighted by molar-refractivity contribution is 0.332. The Bertz CT molecular complexity index is 524. The molecule has 3 heteroatoms. The molecular weight excluding hydrogens is 234 g/mol. The second-order valence-electron chi connectivity index (χ2n) is 5.47. The molecule has 0 saturated heterocycles. The van der Waals surface area contributed by atoms with Crippen LogP contribution in [-0.2, 0) is 12.0 Å². The van der Waals surface area contributed by atoms with Crippen LogP contribution in [-0.4, -0.2) is 9.97 Å². The lowest BCUT2D eigenvalue weighted by Gasteiger charge is -2.36. The monoisotopic (exact) mass is 255 g/mol. The van der Waals surface area contributed by atoms with Crippen molar-refractivity contribution in [1.82, 2.24) is 9.97 Å². The minimum absolute atomic E-state index is 0.0624. The Morgan fingerprint density at radius 3 is 2.47 bits per heavy atom. The molecule has 1 aliphatic carbocycles. The van der Waals surface area contributed by atoms with Gasteiger partial charge in [-0.2, -0.15) is 0 Å². The van der Waals surface area contributed by atoms with Gasteiger partial charge in [-0.15, -0.1) is 0 Å². The number of hydrogen-bond donors (Lipinski definition) is 2. The fourth-order valence-corrected chi connectivity index (χ4v) is 3.28. The van der Waals surface area contributed by atoms with Crippen LogP contribution >= 0.6 is 0 Å². The molecule has 1 aliphatic rings. The van der Waals surface area contributed by atoms with Crippen molar-refractivity contribution in [3.05, 3.63) is 53.6 Å². The molecule has 3 N–H and O–H groups in total. The topological polar surface area (TPSA) is 54.7 Å². The number of nitrogens with two attached hydrogens (primary N) is 1. The molecule has 100 valence electrons. The van der Waals surface area contributed by atoms with E-state index in [4.69, 9.17) is 5.73 Å². The maximum absolute atomic E-state index is 5.70. The summed E-state index contributed by atoms with van der Waals surface area (Å²) >= 11 is 0. The molecule has 0 bridgehead atoms. The van der Waals surface area contributed by atoms with Crippen molar-refractivity contribution in [2.75, 3.05) is 0 Å². The first-order chi connectivity index (χ1) is 9.35. The van der Waals surface area contributed by atoms with Crippen LogP contribution < -0.4 is 5.73 Å². The average Bonchev–Trinajstić information content (AvgIpc) is 2.98. The minimum Gasteiger partial charge on any atom is -0.344 e. The summed E-state index contributed by atoms with van der Waals surface area (Å²) in [6, 6.07) is 10.8. The molecule has 0 unspecified atom stereocenters. The van der Waals surface area contributed by atoms with Crippen molar-refractivity contribution in [3.63, 3.8) is 0 Å². The number of benzene rings is 1. The SMILES string of the molecule is NCc1cnc(C2(c3ccccc3)CCCCC2)[nH]1. The molecule has 2 aromatic rings. The van der Waals surface area contributed by atoms with E-state index in [1.165, 1.54) is 37.7 Å². The molecule has 0 radical (unpaired) electrons. The smallest absolute Gasteiger partial charge is 0.116 e. The molecule has 1 saturated carbocycles. The van der Waals surface area contributed by atoms with Crippen molar-refractivity contribution >= 4 is 0 Å². The van der Waals surface area contributed by atoms with E-state index >= 15 is 0 Å². The van der Waals surface area contributed by atoms with Gasteiger partial charge in [-0.05, 0) is 18.4 Å². The highest BCUT2D eigenvalue weighted by atomic mass is 14.9. The number of nitrogens with one attached hydrogen (secondary N) is 1. The molecule has 1 fully saturated rings. The molecule has 0 amide bonds. The van der Waals surface area contributed by atoms with Crippen molar-refractivity contribution in [2.24, 2.45) is 5.73 Å². The Balaban J connectivity index is 2.06. The zero-order chi connectivity index (χ0) is 13.1. The first kappa shape index (κ1) is 12.4. The van der Waals surface area contributed by atoms with E-state index in [-0.39, 0.29) is 5.41 Å². The highest BCUT2D eigenvalue weighted by Crippen LogP contribution is 2.43. The average molecular weight is 255 g/mol. The Hall–Kier alpha value is -1.61. The lowest BCUT2D eigenvalue weighted by Crippen LogP contribution is -2.31. The van der Waals surface area contributed by atoms with Crippen LogP contribution in [0.4, 0.5) is 0 Å². The molecule has 0 atom stereocenters. The van der Waals surface area contributed by atoms with E-state index in [9.17, 15) is 0 Å². The third-order valence-electron chi connectivity index (χ3n) is 4.34. The van der Waals surface area contributed by atoms with Gasteiger partial charge in [0, 0.05) is 18.4 Å². The molecule has 0 spiro atoms. The first-order valence-electron chi connectivity index (χ1n) is 7.15. The second kappa shape index (κ2) is 5.17. The second-order valence-corrected chi connectivity index (χ2v) is 5.47. The predicted octanol–water partition coefficient (Wildman–Crippen LogP) is 3.12. The van der Waals surface area contributed by atoms with Crippen LogP contribution in [0.1, 0.15) is 49.2 Å². The quantitative estimate of drug-likeness (QED) is 0.885. The molecule has 0 aliphatic heterocycles. The summed E-state index contributed by atoms with van der Waals surface area (Å²) < 4.78 is 0. The lowest BCUT2D eigenvalue weighted by atomic mass is 9.69. The normalized spacial score (nSPS) is 18.4. The number of aromatic amines is 1. The number of imidazole rings is 1. The van der Waals surface area contributed by atoms with Crippen LogP contribution in [0.15, 0.2) is 36.5 Å². The van der Waals surface area contributed by atoms with Crippen molar-refractivity contribution < 1.29 is 0 Å². The van der Waals surface area contributed by atoms with Gasteiger partial charge in [-0.25, -0.2) is 4.98 Å². The molecule has 1 aromatic heterocycles. The Labute approximate surface area is 114 Å². The van der Waals surface area contributed by atoms with Crippen molar-refractivity contribution in [1.29, 1.82) is 0 Å². The minimum atomic E-state index is 0.0624. The van der Waals surface area contributed by atoms with Gasteiger partial charge in [0.05, 0.1) is 5.41 Å². The zero-order valence-electron chi connectivity index (χ0n) is 11.2. The molecule has 3 rings (SSSR count). The standard InChI is InChI=1S/C16H21N3/c17-11-14-12-18-15(19-14)16(9-5-2-6-10-16)13-7-3-1-4-8-13/h1,3-4,7-8,12H,2,5-6,9-11,17H2,(H,18,19). The number of rotatable bonds is 3. The Morgan fingerprint density at radius 2 is 1.84 bits per heavy atom. The molecular formula is C16H21N3. The van der Waals surface area contributed by atoms with E-state index in [2.05, 4.69) is 40.3 Å². The fraction of sp³-hybridized carbons (Fsp3) is 0.438. The summed E-state index contributed by atoms with van der Waals surface area (Å²) in [6.45, 7) is 0.526. The third-order valence-corrected chi connectivity index (χ3v) is 4.34. The maximum Gasteiger partial charge on any atom is 0.116 e. The van der Waals surface area contributed by atoms with Crippen LogP contribution in [0.2, 0.25) is 0 Å². The summed E-state index contributed by atoms with van der Waals surface area (Å²) in [5, 5.41) is 0. The molecule has 1 aromatic carbocycles. The fourth-order valence-electron chi connectivity index (χ4n) is 3.28. The van der Waals surface area contributed by atoms with Gasteiger partial charge in [0.1, 0.15) is 5.82 Å². The number of H-pyrrole nitrogens is 1. The largest absolute Gasteiger partial charge is 0.344 e. The van der Waals surface area contributed by atoms with Crippen LogP contribution in [0.25, 0.3) is 0 Å². The summed E-state index contributed by atoms with van der Waals surface area (Å²) in [6.07, 6.45) is 8.11. The van der Waals surface area contributed by atoms with Crippen LogP contribution in [0.3, 0.4) is 0 Å². The Kier molecular flexibility index (Phi) is 3.38. The van der Waals surface area contributed by atoms with Crippen molar-refractivity contribution in [3.8, 4) is 0 Å². The van der Waals surface area contributed by atoms with Crippen molar-refractivity contribution in [2.45, 2.75) is 44.1 Å². The summed E-state index contributed by atoms with van der Waals surface area (Å²) in [5.41, 5.74) is 8.17. The van der Waals surface area contributed by atoms with Crippen LogP contribution in [0, 0.1) is 0 Å².